The number of anilines is 1. The molecule has 1 N–H and O–H groups in total. The van der Waals surface area contributed by atoms with Gasteiger partial charge in [0.25, 0.3) is 0 Å². The minimum Gasteiger partial charge on any atom is -0.378 e. The molecule has 0 unspecified atom stereocenters. The molecule has 0 fully saturated rings. The van der Waals surface area contributed by atoms with Crippen molar-refractivity contribution in [3.8, 4) is 0 Å². The van der Waals surface area contributed by atoms with Crippen LogP contribution in [0.25, 0.3) is 0 Å². The van der Waals surface area contributed by atoms with E-state index in [1.54, 1.807) is 13.2 Å². The van der Waals surface area contributed by atoms with E-state index in [-0.39, 0.29) is 5.91 Å². The Bertz CT molecular complexity index is 370. The average molecular weight is 222 g/mol. The van der Waals surface area contributed by atoms with Crippen LogP contribution >= 0.6 is 0 Å². The maximum Gasteiger partial charge on any atom is 0.230 e. The average Bonchev–Trinajstić information content (AvgIpc) is 2.17. The van der Waals surface area contributed by atoms with Gasteiger partial charge in [-0.05, 0) is 12.1 Å². The van der Waals surface area contributed by atoms with Gasteiger partial charge in [0.1, 0.15) is 5.82 Å². The second-order valence-corrected chi connectivity index (χ2v) is 4.65. The third-order valence-electron chi connectivity index (χ3n) is 2.02. The van der Waals surface area contributed by atoms with E-state index in [0.717, 1.165) is 5.69 Å². The van der Waals surface area contributed by atoms with Crippen LogP contribution in [0.4, 0.5) is 5.82 Å². The summed E-state index contributed by atoms with van der Waals surface area (Å²) in [5.41, 5.74) is 0.382. The molecule has 1 amide bonds. The molecule has 4 heteroatoms. The van der Waals surface area contributed by atoms with Crippen LogP contribution in [0.15, 0.2) is 18.2 Å². The van der Waals surface area contributed by atoms with Crippen molar-refractivity contribution < 1.29 is 9.53 Å². The first-order chi connectivity index (χ1) is 7.43. The van der Waals surface area contributed by atoms with Crippen molar-refractivity contribution in [3.63, 3.8) is 0 Å². The van der Waals surface area contributed by atoms with Crippen molar-refractivity contribution in [2.24, 2.45) is 5.41 Å². The summed E-state index contributed by atoms with van der Waals surface area (Å²) in [5, 5.41) is 2.78. The number of hydrogen-bond acceptors (Lipinski definition) is 3. The van der Waals surface area contributed by atoms with Gasteiger partial charge in [-0.25, -0.2) is 4.98 Å². The summed E-state index contributed by atoms with van der Waals surface area (Å²) in [6, 6.07) is 5.47. The zero-order valence-electron chi connectivity index (χ0n) is 10.2. The fourth-order valence-electron chi connectivity index (χ4n) is 1.08. The second kappa shape index (κ2) is 5.07. The van der Waals surface area contributed by atoms with Crippen LogP contribution in [0.1, 0.15) is 26.5 Å². The molecule has 1 heterocycles. The SMILES string of the molecule is COCc1cccc(NC(=O)C(C)(C)C)n1. The van der Waals surface area contributed by atoms with Crippen molar-refractivity contribution >= 4 is 11.7 Å². The molecule has 0 aliphatic heterocycles. The molecule has 0 saturated carbocycles. The highest BCUT2D eigenvalue weighted by Crippen LogP contribution is 2.16. The Morgan fingerprint density at radius 3 is 2.69 bits per heavy atom. The highest BCUT2D eigenvalue weighted by molar-refractivity contribution is 5.93. The van der Waals surface area contributed by atoms with E-state index in [2.05, 4.69) is 10.3 Å². The van der Waals surface area contributed by atoms with Crippen LogP contribution in [-0.4, -0.2) is 18.0 Å². The van der Waals surface area contributed by atoms with E-state index < -0.39 is 5.41 Å². The molecule has 1 aromatic heterocycles. The molecule has 88 valence electrons. The maximum atomic E-state index is 11.7. The minimum atomic E-state index is -0.418. The zero-order chi connectivity index (χ0) is 12.2. The van der Waals surface area contributed by atoms with Crippen molar-refractivity contribution in [2.75, 3.05) is 12.4 Å². The van der Waals surface area contributed by atoms with Crippen LogP contribution < -0.4 is 5.32 Å². The monoisotopic (exact) mass is 222 g/mol. The van der Waals surface area contributed by atoms with E-state index >= 15 is 0 Å². The molecule has 0 saturated heterocycles. The lowest BCUT2D eigenvalue weighted by molar-refractivity contribution is -0.123. The fourth-order valence-corrected chi connectivity index (χ4v) is 1.08. The highest BCUT2D eigenvalue weighted by atomic mass is 16.5. The number of nitrogens with one attached hydrogen (secondary N) is 1. The number of methoxy groups -OCH3 is 1. The fraction of sp³-hybridized carbons (Fsp3) is 0.500. The molecule has 0 atom stereocenters. The predicted octanol–water partition coefficient (Wildman–Crippen LogP) is 2.21. The van der Waals surface area contributed by atoms with E-state index in [9.17, 15) is 4.79 Å². The van der Waals surface area contributed by atoms with Crippen molar-refractivity contribution in [1.82, 2.24) is 4.98 Å². The lowest BCUT2D eigenvalue weighted by Gasteiger charge is -2.17. The van der Waals surface area contributed by atoms with Gasteiger partial charge in [0, 0.05) is 12.5 Å². The topological polar surface area (TPSA) is 51.2 Å². The highest BCUT2D eigenvalue weighted by Gasteiger charge is 2.21. The number of pyridine rings is 1. The first-order valence-corrected chi connectivity index (χ1v) is 5.20. The first-order valence-electron chi connectivity index (χ1n) is 5.20. The maximum absolute atomic E-state index is 11.7. The third-order valence-corrected chi connectivity index (χ3v) is 2.02. The molecule has 0 aliphatic carbocycles. The summed E-state index contributed by atoms with van der Waals surface area (Å²) < 4.78 is 4.98. The largest absolute Gasteiger partial charge is 0.378 e. The van der Waals surface area contributed by atoms with Gasteiger partial charge in [-0.3, -0.25) is 4.79 Å². The number of carbonyl (C=O) groups excluding carboxylic acids is 1. The Balaban J connectivity index is 2.74. The van der Waals surface area contributed by atoms with E-state index in [0.29, 0.717) is 12.4 Å². The Morgan fingerprint density at radius 1 is 1.44 bits per heavy atom. The summed E-state index contributed by atoms with van der Waals surface area (Å²) in [4.78, 5) is 16.0. The minimum absolute atomic E-state index is 0.0467. The van der Waals surface area contributed by atoms with Gasteiger partial charge in [-0.1, -0.05) is 26.8 Å². The smallest absolute Gasteiger partial charge is 0.230 e. The van der Waals surface area contributed by atoms with Gasteiger partial charge >= 0.3 is 0 Å². The number of rotatable bonds is 3. The van der Waals surface area contributed by atoms with Crippen molar-refractivity contribution in [2.45, 2.75) is 27.4 Å². The molecule has 0 aliphatic rings. The Kier molecular flexibility index (Phi) is 4.01. The summed E-state index contributed by atoms with van der Waals surface area (Å²) in [6.45, 7) is 6.03. The van der Waals surface area contributed by atoms with Gasteiger partial charge in [0.15, 0.2) is 0 Å². The number of nitrogens with zero attached hydrogens (tertiary/aromatic N) is 1. The number of amides is 1. The molecular formula is C12H18N2O2. The lowest BCUT2D eigenvalue weighted by Crippen LogP contribution is -2.28. The molecule has 1 aromatic rings. The molecular weight excluding hydrogens is 204 g/mol. The quantitative estimate of drug-likeness (QED) is 0.853. The van der Waals surface area contributed by atoms with Gasteiger partial charge in [0.2, 0.25) is 5.91 Å². The zero-order valence-corrected chi connectivity index (χ0v) is 10.2. The number of ether oxygens (including phenoxy) is 1. The number of carbonyl (C=O) groups is 1. The van der Waals surface area contributed by atoms with E-state index in [4.69, 9.17) is 4.74 Å². The summed E-state index contributed by atoms with van der Waals surface area (Å²) >= 11 is 0. The second-order valence-electron chi connectivity index (χ2n) is 4.65. The van der Waals surface area contributed by atoms with Crippen molar-refractivity contribution in [1.29, 1.82) is 0 Å². The molecule has 1 rings (SSSR count). The third kappa shape index (κ3) is 3.62. The van der Waals surface area contributed by atoms with Crippen LogP contribution in [0.5, 0.6) is 0 Å². The number of aromatic nitrogens is 1. The van der Waals surface area contributed by atoms with E-state index in [1.165, 1.54) is 0 Å². The lowest BCUT2D eigenvalue weighted by atomic mass is 9.96. The number of hydrogen-bond donors (Lipinski definition) is 1. The molecule has 0 bridgehead atoms. The van der Waals surface area contributed by atoms with E-state index in [1.807, 2.05) is 32.9 Å². The predicted molar refractivity (Wildman–Crippen MR) is 63.0 cm³/mol. The Hall–Kier alpha value is -1.42. The Morgan fingerprint density at radius 2 is 2.12 bits per heavy atom. The normalized spacial score (nSPS) is 11.2. The Labute approximate surface area is 96.0 Å². The molecule has 4 nitrogen and oxygen atoms in total. The van der Waals surface area contributed by atoms with Gasteiger partial charge in [0.05, 0.1) is 12.3 Å². The van der Waals surface area contributed by atoms with Crippen LogP contribution in [0, 0.1) is 5.41 Å². The standard InChI is InChI=1S/C12H18N2O2/c1-12(2,3)11(15)14-10-7-5-6-9(13-10)8-16-4/h5-7H,8H2,1-4H3,(H,13,14,15). The van der Waals surface area contributed by atoms with Gasteiger partial charge in [-0.2, -0.15) is 0 Å². The van der Waals surface area contributed by atoms with Crippen LogP contribution in [0.2, 0.25) is 0 Å². The summed E-state index contributed by atoms with van der Waals surface area (Å²) in [5.74, 6) is 0.518. The van der Waals surface area contributed by atoms with Gasteiger partial charge in [-0.15, -0.1) is 0 Å². The first kappa shape index (κ1) is 12.6. The molecule has 16 heavy (non-hydrogen) atoms. The van der Waals surface area contributed by atoms with Crippen molar-refractivity contribution in [3.05, 3.63) is 23.9 Å². The molecule has 0 radical (unpaired) electrons. The summed E-state index contributed by atoms with van der Waals surface area (Å²) in [6.07, 6.45) is 0. The summed E-state index contributed by atoms with van der Waals surface area (Å²) in [7, 11) is 1.61. The molecule has 0 spiro atoms. The van der Waals surface area contributed by atoms with Crippen LogP contribution in [-0.2, 0) is 16.1 Å². The molecule has 0 aromatic carbocycles. The van der Waals surface area contributed by atoms with Gasteiger partial charge < -0.3 is 10.1 Å². The van der Waals surface area contributed by atoms with Crippen LogP contribution in [0.3, 0.4) is 0 Å².